The maximum atomic E-state index is 11.7. The van der Waals surface area contributed by atoms with E-state index in [0.29, 0.717) is 18.1 Å². The van der Waals surface area contributed by atoms with Gasteiger partial charge >= 0.3 is 0 Å². The Morgan fingerprint density at radius 2 is 2.19 bits per heavy atom. The Kier molecular flexibility index (Phi) is 4.43. The number of aliphatic hydroxyl groups is 1. The van der Waals surface area contributed by atoms with Crippen molar-refractivity contribution in [1.82, 2.24) is 15.2 Å². The molecule has 0 fully saturated rings. The van der Waals surface area contributed by atoms with Gasteiger partial charge in [-0.2, -0.15) is 5.10 Å². The van der Waals surface area contributed by atoms with E-state index in [1.807, 2.05) is 6.92 Å². The SMILES string of the molecule is CCc1n[nH]c(CS(=O)(=O)CC(C)CO)n1. The standard InChI is InChI=1S/C9H17N3O3S/c1-3-8-10-9(12-11-8)6-16(14,15)5-7(2)4-13/h7,13H,3-6H2,1-2H3,(H,10,11,12). The Hall–Kier alpha value is -0.950. The van der Waals surface area contributed by atoms with Crippen molar-refractivity contribution >= 4 is 9.84 Å². The smallest absolute Gasteiger partial charge is 0.157 e. The van der Waals surface area contributed by atoms with Crippen molar-refractivity contribution in [3.8, 4) is 0 Å². The Balaban J connectivity index is 2.65. The number of nitrogens with zero attached hydrogens (tertiary/aromatic N) is 2. The number of aryl methyl sites for hydroxylation is 1. The molecule has 0 saturated carbocycles. The number of aliphatic hydroxyl groups excluding tert-OH is 1. The van der Waals surface area contributed by atoms with E-state index in [9.17, 15) is 8.42 Å². The average Bonchev–Trinajstić information content (AvgIpc) is 2.63. The van der Waals surface area contributed by atoms with Crippen LogP contribution in [0.1, 0.15) is 25.5 Å². The quantitative estimate of drug-likeness (QED) is 0.732. The minimum atomic E-state index is -3.23. The number of hydrogen-bond donors (Lipinski definition) is 2. The van der Waals surface area contributed by atoms with E-state index in [2.05, 4.69) is 15.2 Å². The summed E-state index contributed by atoms with van der Waals surface area (Å²) < 4.78 is 23.3. The molecule has 1 rings (SSSR count). The first-order chi connectivity index (χ1) is 7.46. The van der Waals surface area contributed by atoms with Gasteiger partial charge < -0.3 is 5.11 Å². The first-order valence-corrected chi connectivity index (χ1v) is 7.00. The highest BCUT2D eigenvalue weighted by molar-refractivity contribution is 7.90. The van der Waals surface area contributed by atoms with Crippen LogP contribution in [0.25, 0.3) is 0 Å². The number of sulfone groups is 1. The summed E-state index contributed by atoms with van der Waals surface area (Å²) in [4.78, 5) is 4.04. The molecule has 0 spiro atoms. The van der Waals surface area contributed by atoms with Crippen LogP contribution in [0, 0.1) is 5.92 Å². The van der Waals surface area contributed by atoms with Gasteiger partial charge in [-0.15, -0.1) is 0 Å². The van der Waals surface area contributed by atoms with E-state index in [0.717, 1.165) is 0 Å². The lowest BCUT2D eigenvalue weighted by Crippen LogP contribution is -2.18. The van der Waals surface area contributed by atoms with Crippen LogP contribution < -0.4 is 0 Å². The second kappa shape index (κ2) is 5.40. The molecule has 0 aliphatic rings. The molecular weight excluding hydrogens is 230 g/mol. The summed E-state index contributed by atoms with van der Waals surface area (Å²) in [6, 6.07) is 0. The van der Waals surface area contributed by atoms with Gasteiger partial charge in [0.05, 0.1) is 5.75 Å². The van der Waals surface area contributed by atoms with Gasteiger partial charge in [-0.3, -0.25) is 5.10 Å². The lowest BCUT2D eigenvalue weighted by atomic mass is 10.2. The van der Waals surface area contributed by atoms with Gasteiger partial charge in [0.25, 0.3) is 0 Å². The molecule has 1 aromatic rings. The molecule has 7 heteroatoms. The predicted molar refractivity (Wildman–Crippen MR) is 59.5 cm³/mol. The molecule has 0 aliphatic carbocycles. The molecule has 1 heterocycles. The summed E-state index contributed by atoms with van der Waals surface area (Å²) in [5.74, 6) is 0.539. The third-order valence-electron chi connectivity index (χ3n) is 2.10. The van der Waals surface area contributed by atoms with E-state index in [1.165, 1.54) is 0 Å². The second-order valence-electron chi connectivity index (χ2n) is 3.89. The van der Waals surface area contributed by atoms with Crippen LogP contribution >= 0.6 is 0 Å². The van der Waals surface area contributed by atoms with Gasteiger partial charge in [0, 0.05) is 13.0 Å². The zero-order chi connectivity index (χ0) is 12.2. The molecule has 6 nitrogen and oxygen atoms in total. The van der Waals surface area contributed by atoms with Crippen LogP contribution in [0.15, 0.2) is 0 Å². The van der Waals surface area contributed by atoms with Gasteiger partial charge in [0.15, 0.2) is 9.84 Å². The number of aromatic amines is 1. The van der Waals surface area contributed by atoms with Crippen LogP contribution in [0.4, 0.5) is 0 Å². The van der Waals surface area contributed by atoms with Crippen molar-refractivity contribution in [3.05, 3.63) is 11.6 Å². The Bertz CT molecular complexity index is 427. The second-order valence-corrected chi connectivity index (χ2v) is 6.00. The lowest BCUT2D eigenvalue weighted by molar-refractivity contribution is 0.249. The molecule has 0 saturated heterocycles. The van der Waals surface area contributed by atoms with Crippen molar-refractivity contribution in [2.45, 2.75) is 26.0 Å². The Morgan fingerprint density at radius 3 is 2.69 bits per heavy atom. The molecule has 92 valence electrons. The molecule has 1 unspecified atom stereocenters. The lowest BCUT2D eigenvalue weighted by Gasteiger charge is -2.07. The van der Waals surface area contributed by atoms with E-state index >= 15 is 0 Å². The van der Waals surface area contributed by atoms with Gasteiger partial charge in [-0.05, 0) is 5.92 Å². The minimum absolute atomic E-state index is 0.0361. The van der Waals surface area contributed by atoms with Gasteiger partial charge in [0.1, 0.15) is 17.4 Å². The molecule has 0 aliphatic heterocycles. The first-order valence-electron chi connectivity index (χ1n) is 5.18. The summed E-state index contributed by atoms with van der Waals surface area (Å²) in [5.41, 5.74) is 0. The van der Waals surface area contributed by atoms with Crippen LogP contribution in [-0.4, -0.2) is 41.1 Å². The maximum Gasteiger partial charge on any atom is 0.157 e. The molecule has 1 atom stereocenters. The number of hydrogen-bond acceptors (Lipinski definition) is 5. The number of nitrogens with one attached hydrogen (secondary N) is 1. The van der Waals surface area contributed by atoms with Crippen LogP contribution in [0.2, 0.25) is 0 Å². The van der Waals surface area contributed by atoms with Crippen molar-refractivity contribution in [2.24, 2.45) is 5.92 Å². The third kappa shape index (κ3) is 3.90. The Labute approximate surface area is 95.0 Å². The first kappa shape index (κ1) is 13.1. The molecular formula is C9H17N3O3S. The van der Waals surface area contributed by atoms with E-state index < -0.39 is 9.84 Å². The molecule has 2 N–H and O–H groups in total. The third-order valence-corrected chi connectivity index (χ3v) is 3.89. The molecule has 0 aromatic carbocycles. The van der Waals surface area contributed by atoms with Gasteiger partial charge in [0.2, 0.25) is 0 Å². The summed E-state index contributed by atoms with van der Waals surface area (Å²) >= 11 is 0. The highest BCUT2D eigenvalue weighted by Gasteiger charge is 2.18. The van der Waals surface area contributed by atoms with E-state index in [1.54, 1.807) is 6.92 Å². The van der Waals surface area contributed by atoms with Crippen molar-refractivity contribution in [1.29, 1.82) is 0 Å². The monoisotopic (exact) mass is 247 g/mol. The topological polar surface area (TPSA) is 95.9 Å². The fourth-order valence-corrected chi connectivity index (χ4v) is 2.95. The summed E-state index contributed by atoms with van der Waals surface area (Å²) in [7, 11) is -3.23. The fraction of sp³-hybridized carbons (Fsp3) is 0.778. The zero-order valence-electron chi connectivity index (χ0n) is 9.47. The van der Waals surface area contributed by atoms with E-state index in [-0.39, 0.29) is 24.0 Å². The minimum Gasteiger partial charge on any atom is -0.396 e. The number of aromatic nitrogens is 3. The summed E-state index contributed by atoms with van der Waals surface area (Å²) in [6.45, 7) is 3.46. The number of rotatable bonds is 6. The average molecular weight is 247 g/mol. The normalized spacial score (nSPS) is 13.9. The molecule has 0 radical (unpaired) electrons. The largest absolute Gasteiger partial charge is 0.396 e. The van der Waals surface area contributed by atoms with Crippen molar-refractivity contribution in [3.63, 3.8) is 0 Å². The Morgan fingerprint density at radius 1 is 1.50 bits per heavy atom. The highest BCUT2D eigenvalue weighted by atomic mass is 32.2. The van der Waals surface area contributed by atoms with Crippen LogP contribution in [0.5, 0.6) is 0 Å². The van der Waals surface area contributed by atoms with Gasteiger partial charge in [-0.1, -0.05) is 13.8 Å². The number of H-pyrrole nitrogens is 1. The summed E-state index contributed by atoms with van der Waals surface area (Å²) in [6.07, 6.45) is 0.670. The molecule has 0 amide bonds. The van der Waals surface area contributed by atoms with Crippen molar-refractivity contribution < 1.29 is 13.5 Å². The van der Waals surface area contributed by atoms with Crippen molar-refractivity contribution in [2.75, 3.05) is 12.4 Å². The molecule has 0 bridgehead atoms. The fourth-order valence-electron chi connectivity index (χ4n) is 1.31. The predicted octanol–water partition coefficient (Wildman–Crippen LogP) is -0.0897. The highest BCUT2D eigenvalue weighted by Crippen LogP contribution is 2.06. The summed E-state index contributed by atoms with van der Waals surface area (Å²) in [5, 5.41) is 15.3. The van der Waals surface area contributed by atoms with E-state index in [4.69, 9.17) is 5.11 Å². The molecule has 1 aromatic heterocycles. The van der Waals surface area contributed by atoms with Crippen LogP contribution in [-0.2, 0) is 22.0 Å². The zero-order valence-corrected chi connectivity index (χ0v) is 10.3. The molecule has 16 heavy (non-hydrogen) atoms. The van der Waals surface area contributed by atoms with Crippen LogP contribution in [0.3, 0.4) is 0 Å². The maximum absolute atomic E-state index is 11.7. The van der Waals surface area contributed by atoms with Gasteiger partial charge in [-0.25, -0.2) is 13.4 Å².